The van der Waals surface area contributed by atoms with Gasteiger partial charge in [0.05, 0.1) is 26.4 Å². The van der Waals surface area contributed by atoms with E-state index in [1.54, 1.807) is 0 Å². The summed E-state index contributed by atoms with van der Waals surface area (Å²) in [5.41, 5.74) is 0. The molecule has 0 spiro atoms. The molecule has 0 bridgehead atoms. The smallest absolute Gasteiger partial charge is 0.462 e. The van der Waals surface area contributed by atoms with Gasteiger partial charge in [-0.05, 0) is 31.6 Å². The molecule has 0 aromatic rings. The van der Waals surface area contributed by atoms with Gasteiger partial charge in [0, 0.05) is 25.7 Å². The Morgan fingerprint density at radius 2 is 0.529 bits per heavy atom. The average Bonchev–Trinajstić information content (AvgIpc) is 3.61. The van der Waals surface area contributed by atoms with Crippen LogP contribution in [0.1, 0.15) is 349 Å². The van der Waals surface area contributed by atoms with Crippen LogP contribution in [0.15, 0.2) is 0 Å². The van der Waals surface area contributed by atoms with Crippen molar-refractivity contribution >= 4 is 39.5 Å². The van der Waals surface area contributed by atoms with Crippen LogP contribution >= 0.6 is 15.6 Å². The highest BCUT2D eigenvalue weighted by atomic mass is 31.2. The summed E-state index contributed by atoms with van der Waals surface area (Å²) < 4.78 is 68.2. The summed E-state index contributed by atoms with van der Waals surface area (Å²) in [7, 11) is -9.89. The van der Waals surface area contributed by atoms with Crippen molar-refractivity contribution < 1.29 is 80.2 Å². The molecule has 3 N–H and O–H groups in total. The number of ether oxygens (including phenoxy) is 4. The Morgan fingerprint density at radius 1 is 0.310 bits per heavy atom. The second-order valence-electron chi connectivity index (χ2n) is 25.0. The fourth-order valence-corrected chi connectivity index (χ4v) is 11.9. The molecule has 0 aromatic heterocycles. The van der Waals surface area contributed by atoms with Gasteiger partial charge in [-0.2, -0.15) is 0 Å². The number of hydrogen-bond donors (Lipinski definition) is 3. The molecule has 0 saturated carbocycles. The zero-order valence-electron chi connectivity index (χ0n) is 56.2. The van der Waals surface area contributed by atoms with Crippen molar-refractivity contribution in [1.82, 2.24) is 0 Å². The number of aliphatic hydroxyl groups is 1. The maximum atomic E-state index is 13.0. The Labute approximate surface area is 530 Å². The van der Waals surface area contributed by atoms with Crippen molar-refractivity contribution in [3.8, 4) is 0 Å². The molecule has 2 unspecified atom stereocenters. The Balaban J connectivity index is 5.24. The molecule has 0 amide bonds. The van der Waals surface area contributed by atoms with Crippen LogP contribution in [0.2, 0.25) is 0 Å². The minimum absolute atomic E-state index is 0.104. The van der Waals surface area contributed by atoms with Gasteiger partial charge in [-0.15, -0.1) is 0 Å². The summed E-state index contributed by atoms with van der Waals surface area (Å²) >= 11 is 0. The van der Waals surface area contributed by atoms with Crippen LogP contribution in [0.5, 0.6) is 0 Å². The number of phosphoric ester groups is 2. The van der Waals surface area contributed by atoms with Crippen molar-refractivity contribution in [3.05, 3.63) is 0 Å². The van der Waals surface area contributed by atoms with E-state index in [4.69, 9.17) is 37.0 Å². The highest BCUT2D eigenvalue weighted by Crippen LogP contribution is 2.45. The van der Waals surface area contributed by atoms with Gasteiger partial charge in [0.1, 0.15) is 19.3 Å². The fraction of sp³-hybridized carbons (Fsp3) is 0.941. The summed E-state index contributed by atoms with van der Waals surface area (Å²) in [4.78, 5) is 72.4. The van der Waals surface area contributed by atoms with E-state index in [1.165, 1.54) is 173 Å². The number of aliphatic hydroxyl groups excluding tert-OH is 1. The zero-order valence-corrected chi connectivity index (χ0v) is 57.9. The van der Waals surface area contributed by atoms with Crippen molar-refractivity contribution in [3.63, 3.8) is 0 Å². The van der Waals surface area contributed by atoms with Gasteiger partial charge in [0.25, 0.3) is 0 Å². The zero-order chi connectivity index (χ0) is 64.2. The molecule has 5 atom stereocenters. The highest BCUT2D eigenvalue weighted by Gasteiger charge is 2.30. The predicted molar refractivity (Wildman–Crippen MR) is 349 cm³/mol. The molecule has 0 aromatic carbocycles. The van der Waals surface area contributed by atoms with Crippen LogP contribution in [-0.2, 0) is 65.4 Å². The van der Waals surface area contributed by atoms with E-state index >= 15 is 0 Å². The summed E-state index contributed by atoms with van der Waals surface area (Å²) in [6.07, 6.45) is 47.1. The Kier molecular flexibility index (Phi) is 60.2. The molecule has 0 aliphatic rings. The van der Waals surface area contributed by atoms with Crippen molar-refractivity contribution in [1.29, 1.82) is 0 Å². The van der Waals surface area contributed by atoms with Gasteiger partial charge >= 0.3 is 39.5 Å². The molecule has 87 heavy (non-hydrogen) atoms. The quantitative estimate of drug-likeness (QED) is 0.0222. The normalized spacial score (nSPS) is 14.1. The van der Waals surface area contributed by atoms with Gasteiger partial charge in [0.15, 0.2) is 12.2 Å². The molecule has 0 rings (SSSR count). The third-order valence-electron chi connectivity index (χ3n) is 15.8. The molecule has 19 heteroatoms. The van der Waals surface area contributed by atoms with Gasteiger partial charge in [0.2, 0.25) is 0 Å². The third kappa shape index (κ3) is 62.6. The van der Waals surface area contributed by atoms with Gasteiger partial charge < -0.3 is 33.8 Å². The summed E-state index contributed by atoms with van der Waals surface area (Å²) in [5.74, 6) is -1.43. The monoisotopic (exact) mass is 1280 g/mol. The molecule has 0 saturated heterocycles. The number of carbonyl (C=O) groups is 4. The minimum atomic E-state index is -4.95. The van der Waals surface area contributed by atoms with Crippen molar-refractivity contribution in [2.75, 3.05) is 39.6 Å². The number of unbranched alkanes of at least 4 members (excludes halogenated alkanes) is 40. The van der Waals surface area contributed by atoms with E-state index < -0.39 is 97.5 Å². The standard InChI is InChI=1S/C68H132O17P2/c1-6-9-12-15-18-21-24-26-28-30-33-38-43-48-53-67(72)84-63(57-79-66(71)52-47-42-37-32-29-27-25-22-19-16-13-10-7-2)59-82-86(74,75)80-55-62(69)56-81-87(76,77)83-60-64(85-68(73)54-49-44-39-34-35-40-45-50-61(4)5)58-78-65(70)51-46-41-36-31-23-20-17-14-11-8-3/h61-64,69H,6-60H2,1-5H3,(H,74,75)(H,76,77)/t62-,63-,64-/m1/s1. The Hall–Kier alpha value is -1.94. The van der Waals surface area contributed by atoms with Crippen LogP contribution in [0.4, 0.5) is 0 Å². The Bertz CT molecular complexity index is 1690. The van der Waals surface area contributed by atoms with E-state index in [0.29, 0.717) is 31.6 Å². The molecule has 0 heterocycles. The summed E-state index contributed by atoms with van der Waals surface area (Å²) in [6, 6.07) is 0. The van der Waals surface area contributed by atoms with Gasteiger partial charge in [-0.25, -0.2) is 9.13 Å². The van der Waals surface area contributed by atoms with Gasteiger partial charge in [-0.1, -0.05) is 298 Å². The number of esters is 4. The first-order valence-electron chi connectivity index (χ1n) is 35.6. The minimum Gasteiger partial charge on any atom is -0.462 e. The van der Waals surface area contributed by atoms with Crippen molar-refractivity contribution in [2.45, 2.75) is 368 Å². The topological polar surface area (TPSA) is 237 Å². The second-order valence-corrected chi connectivity index (χ2v) is 27.9. The molecule has 0 fully saturated rings. The molecule has 0 aliphatic carbocycles. The molecule has 516 valence electrons. The first-order chi connectivity index (χ1) is 42.0. The van der Waals surface area contributed by atoms with Crippen LogP contribution in [-0.4, -0.2) is 96.7 Å². The maximum absolute atomic E-state index is 13.0. The first kappa shape index (κ1) is 85.1. The lowest BCUT2D eigenvalue weighted by molar-refractivity contribution is -0.161. The number of hydrogen-bond acceptors (Lipinski definition) is 15. The average molecular weight is 1280 g/mol. The lowest BCUT2D eigenvalue weighted by atomic mass is 10.0. The Morgan fingerprint density at radius 3 is 0.782 bits per heavy atom. The van der Waals surface area contributed by atoms with E-state index in [0.717, 1.165) is 89.9 Å². The van der Waals surface area contributed by atoms with Crippen LogP contribution < -0.4 is 0 Å². The van der Waals surface area contributed by atoms with Crippen LogP contribution in [0, 0.1) is 5.92 Å². The summed E-state index contributed by atoms with van der Waals surface area (Å²) in [5, 5.41) is 10.6. The lowest BCUT2D eigenvalue weighted by Crippen LogP contribution is -2.30. The summed E-state index contributed by atoms with van der Waals surface area (Å²) in [6.45, 7) is 7.17. The van der Waals surface area contributed by atoms with Gasteiger partial charge in [-0.3, -0.25) is 37.3 Å². The maximum Gasteiger partial charge on any atom is 0.472 e. The lowest BCUT2D eigenvalue weighted by Gasteiger charge is -2.21. The molecular formula is C68H132O17P2. The molecule has 0 radical (unpaired) electrons. The molecule has 0 aliphatic heterocycles. The van der Waals surface area contributed by atoms with Crippen LogP contribution in [0.3, 0.4) is 0 Å². The highest BCUT2D eigenvalue weighted by molar-refractivity contribution is 7.47. The third-order valence-corrected chi connectivity index (χ3v) is 17.7. The number of rotatable bonds is 68. The number of carbonyl (C=O) groups excluding carboxylic acids is 4. The van der Waals surface area contributed by atoms with Crippen LogP contribution in [0.25, 0.3) is 0 Å². The molecule has 17 nitrogen and oxygen atoms in total. The van der Waals surface area contributed by atoms with E-state index in [9.17, 15) is 43.2 Å². The SMILES string of the molecule is CCCCCCCCCCCCCCCCC(=O)O[C@H](COC(=O)CCCCCCCCCCCCCCC)COP(=O)(O)OC[C@@H](O)COP(=O)(O)OC[C@@H](COC(=O)CCCCCCCCCCCC)OC(=O)CCCCCCCCCC(C)C. The van der Waals surface area contributed by atoms with Crippen molar-refractivity contribution in [2.24, 2.45) is 5.92 Å². The molecular weight excluding hydrogens is 1150 g/mol. The van der Waals surface area contributed by atoms with E-state index in [-0.39, 0.29) is 25.7 Å². The first-order valence-corrected chi connectivity index (χ1v) is 38.6. The van der Waals surface area contributed by atoms with E-state index in [2.05, 4.69) is 34.6 Å². The predicted octanol–water partition coefficient (Wildman–Crippen LogP) is 19.4. The van der Waals surface area contributed by atoms with E-state index in [1.807, 2.05) is 0 Å². The largest absolute Gasteiger partial charge is 0.472 e. The number of phosphoric acid groups is 2. The fourth-order valence-electron chi connectivity index (χ4n) is 10.3. The second kappa shape index (κ2) is 61.6.